The topological polar surface area (TPSA) is 54.0 Å². The van der Waals surface area contributed by atoms with Gasteiger partial charge in [0.15, 0.2) is 0 Å². The Morgan fingerprint density at radius 1 is 1.11 bits per heavy atom. The third-order valence-corrected chi connectivity index (χ3v) is 3.06. The molecular formula is C13H26O5Si. The Morgan fingerprint density at radius 3 is 1.95 bits per heavy atom. The van der Waals surface area contributed by atoms with E-state index in [-0.39, 0.29) is 5.57 Å². The summed E-state index contributed by atoms with van der Waals surface area (Å²) in [5.41, 5.74) is 0.0476. The van der Waals surface area contributed by atoms with Crippen LogP contribution in [-0.2, 0) is 23.7 Å². The lowest BCUT2D eigenvalue weighted by Crippen LogP contribution is -2.44. The molecule has 0 heterocycles. The molecular weight excluding hydrogens is 264 g/mol. The predicted molar refractivity (Wildman–Crippen MR) is 77.1 cm³/mol. The molecule has 0 aliphatic carbocycles. The van der Waals surface area contributed by atoms with Crippen molar-refractivity contribution >= 4 is 16.2 Å². The second kappa shape index (κ2) is 10.1. The van der Waals surface area contributed by atoms with Gasteiger partial charge in [0, 0.05) is 30.1 Å². The molecule has 0 rings (SSSR count). The lowest BCUT2D eigenvalue weighted by molar-refractivity contribution is -0.351. The maximum Gasteiger partial charge on any atom is 0.341 e. The quantitative estimate of drug-likeness (QED) is 0.187. The zero-order valence-corrected chi connectivity index (χ0v) is 14.5. The van der Waals surface area contributed by atoms with Crippen molar-refractivity contribution in [3.63, 3.8) is 0 Å². The minimum Gasteiger partial charge on any atom is -0.462 e. The van der Waals surface area contributed by atoms with Gasteiger partial charge in [-0.2, -0.15) is 0 Å². The van der Waals surface area contributed by atoms with Gasteiger partial charge in [0.25, 0.3) is 0 Å². The molecule has 0 fully saturated rings. The summed E-state index contributed by atoms with van der Waals surface area (Å²) < 4.78 is 21.5. The first kappa shape index (κ1) is 18.3. The SMILES string of the molecule is C=C(C(=O)OCCC[SiH3])C(OCC)(OCC)OCC. The van der Waals surface area contributed by atoms with E-state index < -0.39 is 11.9 Å². The lowest BCUT2D eigenvalue weighted by atomic mass is 10.2. The van der Waals surface area contributed by atoms with Crippen LogP contribution >= 0.6 is 0 Å². The van der Waals surface area contributed by atoms with Crippen molar-refractivity contribution in [2.75, 3.05) is 26.4 Å². The second-order valence-electron chi connectivity index (χ2n) is 3.82. The summed E-state index contributed by atoms with van der Waals surface area (Å²) in [6, 6.07) is 1.09. The van der Waals surface area contributed by atoms with Crippen LogP contribution < -0.4 is 0 Å². The molecule has 0 saturated heterocycles. The Bertz CT molecular complexity index is 263. The monoisotopic (exact) mass is 290 g/mol. The molecule has 0 aromatic carbocycles. The van der Waals surface area contributed by atoms with Crippen molar-refractivity contribution in [2.24, 2.45) is 0 Å². The number of rotatable bonds is 11. The number of carbonyl (C=O) groups is 1. The van der Waals surface area contributed by atoms with E-state index in [1.807, 2.05) is 0 Å². The molecule has 19 heavy (non-hydrogen) atoms. The smallest absolute Gasteiger partial charge is 0.341 e. The fourth-order valence-electron chi connectivity index (χ4n) is 1.48. The average molecular weight is 290 g/mol. The molecule has 0 spiro atoms. The number of carbonyl (C=O) groups excluding carboxylic acids is 1. The first-order valence-electron chi connectivity index (χ1n) is 6.86. The summed E-state index contributed by atoms with van der Waals surface area (Å²) in [4.78, 5) is 11.9. The minimum atomic E-state index is -1.53. The summed E-state index contributed by atoms with van der Waals surface area (Å²) in [6.07, 6.45) is 0.871. The molecule has 5 nitrogen and oxygen atoms in total. The van der Waals surface area contributed by atoms with Crippen LogP contribution in [0.5, 0.6) is 0 Å². The molecule has 0 radical (unpaired) electrons. The summed E-state index contributed by atoms with van der Waals surface area (Å²) >= 11 is 0. The van der Waals surface area contributed by atoms with Gasteiger partial charge in [-0.25, -0.2) is 4.79 Å². The van der Waals surface area contributed by atoms with Gasteiger partial charge in [-0.15, -0.1) is 0 Å². The van der Waals surface area contributed by atoms with Gasteiger partial charge in [0.05, 0.1) is 6.61 Å². The molecule has 0 unspecified atom stereocenters. The number of hydrogen-bond acceptors (Lipinski definition) is 5. The Kier molecular flexibility index (Phi) is 9.77. The molecule has 0 bridgehead atoms. The molecule has 0 aliphatic rings. The maximum absolute atomic E-state index is 11.9. The van der Waals surface area contributed by atoms with Crippen LogP contribution in [0.4, 0.5) is 0 Å². The Labute approximate surface area is 118 Å². The van der Waals surface area contributed by atoms with Gasteiger partial charge in [-0.1, -0.05) is 12.6 Å². The summed E-state index contributed by atoms with van der Waals surface area (Å²) in [7, 11) is 1.10. The van der Waals surface area contributed by atoms with Gasteiger partial charge in [-0.3, -0.25) is 0 Å². The molecule has 6 heteroatoms. The van der Waals surface area contributed by atoms with Crippen molar-refractivity contribution in [1.82, 2.24) is 0 Å². The van der Waals surface area contributed by atoms with Crippen LogP contribution in [-0.4, -0.2) is 48.6 Å². The summed E-state index contributed by atoms with van der Waals surface area (Å²) in [5.74, 6) is -2.07. The molecule has 0 aromatic heterocycles. The van der Waals surface area contributed by atoms with Crippen molar-refractivity contribution in [1.29, 1.82) is 0 Å². The number of hydrogen-bond donors (Lipinski definition) is 0. The number of esters is 1. The normalized spacial score (nSPS) is 11.5. The van der Waals surface area contributed by atoms with E-state index in [4.69, 9.17) is 18.9 Å². The first-order valence-corrected chi connectivity index (χ1v) is 8.27. The van der Waals surface area contributed by atoms with Crippen molar-refractivity contribution in [2.45, 2.75) is 39.2 Å². The van der Waals surface area contributed by atoms with Crippen LogP contribution in [0.2, 0.25) is 6.04 Å². The largest absolute Gasteiger partial charge is 0.462 e. The van der Waals surface area contributed by atoms with E-state index in [1.165, 1.54) is 0 Å². The van der Waals surface area contributed by atoms with Gasteiger partial charge >= 0.3 is 11.9 Å². The van der Waals surface area contributed by atoms with E-state index in [0.29, 0.717) is 26.4 Å². The Hall–Kier alpha value is -0.693. The molecule has 0 aliphatic heterocycles. The highest BCUT2D eigenvalue weighted by molar-refractivity contribution is 6.08. The zero-order valence-electron chi connectivity index (χ0n) is 12.5. The Balaban J connectivity index is 4.80. The van der Waals surface area contributed by atoms with E-state index >= 15 is 0 Å². The van der Waals surface area contributed by atoms with Gasteiger partial charge < -0.3 is 18.9 Å². The lowest BCUT2D eigenvalue weighted by Gasteiger charge is -2.32. The summed E-state index contributed by atoms with van der Waals surface area (Å²) in [5, 5.41) is 0. The second-order valence-corrected chi connectivity index (χ2v) is 4.82. The zero-order chi connectivity index (χ0) is 14.7. The first-order chi connectivity index (χ1) is 9.07. The highest BCUT2D eigenvalue weighted by Crippen LogP contribution is 2.25. The van der Waals surface area contributed by atoms with Crippen LogP contribution in [0.25, 0.3) is 0 Å². The average Bonchev–Trinajstić information content (AvgIpc) is 2.38. The third kappa shape index (κ3) is 5.86. The predicted octanol–water partition coefficient (Wildman–Crippen LogP) is 1.02. The van der Waals surface area contributed by atoms with Crippen LogP contribution in [0.15, 0.2) is 12.2 Å². The minimum absolute atomic E-state index is 0.0476. The van der Waals surface area contributed by atoms with Gasteiger partial charge in [0.2, 0.25) is 0 Å². The molecule has 0 N–H and O–H groups in total. The highest BCUT2D eigenvalue weighted by atomic mass is 28.1. The van der Waals surface area contributed by atoms with Crippen LogP contribution in [0.1, 0.15) is 27.2 Å². The summed E-state index contributed by atoms with van der Waals surface area (Å²) in [6.45, 7) is 10.5. The fraction of sp³-hybridized carbons (Fsp3) is 0.769. The molecule has 0 aromatic rings. The third-order valence-electron chi connectivity index (χ3n) is 2.35. The van der Waals surface area contributed by atoms with Crippen LogP contribution in [0.3, 0.4) is 0 Å². The molecule has 112 valence electrons. The van der Waals surface area contributed by atoms with Gasteiger partial charge in [0.1, 0.15) is 5.57 Å². The highest BCUT2D eigenvalue weighted by Gasteiger charge is 2.41. The van der Waals surface area contributed by atoms with Crippen LogP contribution in [0, 0.1) is 0 Å². The maximum atomic E-state index is 11.9. The van der Waals surface area contributed by atoms with E-state index in [2.05, 4.69) is 6.58 Å². The van der Waals surface area contributed by atoms with Crippen molar-refractivity contribution in [3.8, 4) is 0 Å². The van der Waals surface area contributed by atoms with E-state index in [0.717, 1.165) is 22.7 Å². The van der Waals surface area contributed by atoms with Gasteiger partial charge in [-0.05, 0) is 27.2 Å². The number of ether oxygens (including phenoxy) is 4. The van der Waals surface area contributed by atoms with Crippen molar-refractivity contribution < 1.29 is 23.7 Å². The van der Waals surface area contributed by atoms with E-state index in [9.17, 15) is 4.79 Å². The van der Waals surface area contributed by atoms with Crippen molar-refractivity contribution in [3.05, 3.63) is 12.2 Å². The molecule has 0 atom stereocenters. The standard InChI is InChI=1S/C13H26O5Si/c1-5-16-13(17-6-2,18-7-3)11(4)12(14)15-9-8-10-19/h4-10H2,1-3,19H3. The molecule has 0 saturated carbocycles. The molecule has 0 amide bonds. The fourth-order valence-corrected chi connectivity index (χ4v) is 1.77. The Morgan fingerprint density at radius 2 is 1.58 bits per heavy atom. The van der Waals surface area contributed by atoms with E-state index in [1.54, 1.807) is 20.8 Å².